The van der Waals surface area contributed by atoms with Crippen molar-refractivity contribution in [2.75, 3.05) is 28.1 Å². The Labute approximate surface area is 164 Å². The normalized spacial score (nSPS) is 12.8. The zero-order valence-corrected chi connectivity index (χ0v) is 16.2. The Kier molecular flexibility index (Phi) is 4.56. The molecule has 0 unspecified atom stereocenters. The van der Waals surface area contributed by atoms with Gasteiger partial charge in [-0.2, -0.15) is 0 Å². The molecule has 0 radical (unpaired) electrons. The lowest BCUT2D eigenvalue weighted by atomic mass is 9.92. The molecule has 8 heteroatoms. The first-order valence-electron chi connectivity index (χ1n) is 8.28. The first-order chi connectivity index (χ1) is 13.6. The molecule has 0 atom stereocenters. The van der Waals surface area contributed by atoms with E-state index in [9.17, 15) is 9.59 Å². The first kappa shape index (κ1) is 18.1. The minimum Gasteiger partial charge on any atom is -0.493 e. The third-order valence-electron chi connectivity index (χ3n) is 4.52. The van der Waals surface area contributed by atoms with Crippen LogP contribution in [0.25, 0.3) is 21.2 Å². The molecule has 0 spiro atoms. The number of rotatable bonds is 4. The fourth-order valence-electron chi connectivity index (χ4n) is 3.30. The summed E-state index contributed by atoms with van der Waals surface area (Å²) in [6.07, 6.45) is 0. The fourth-order valence-corrected chi connectivity index (χ4v) is 4.27. The molecule has 0 N–H and O–H groups in total. The van der Waals surface area contributed by atoms with Crippen molar-refractivity contribution in [3.8, 4) is 28.4 Å². The maximum absolute atomic E-state index is 12.7. The Morgan fingerprint density at radius 3 is 2.54 bits per heavy atom. The van der Waals surface area contributed by atoms with E-state index < -0.39 is 11.9 Å². The minimum atomic E-state index is -0.654. The van der Waals surface area contributed by atoms with Gasteiger partial charge in [-0.1, -0.05) is 6.07 Å². The largest absolute Gasteiger partial charge is 0.493 e. The lowest BCUT2D eigenvalue weighted by Crippen LogP contribution is -2.23. The van der Waals surface area contributed by atoms with E-state index in [4.69, 9.17) is 23.7 Å². The number of carbonyl (C=O) groups is 2. The van der Waals surface area contributed by atoms with Crippen LogP contribution >= 0.6 is 11.3 Å². The molecule has 0 amide bonds. The highest BCUT2D eigenvalue weighted by Crippen LogP contribution is 2.46. The molecule has 0 saturated carbocycles. The summed E-state index contributed by atoms with van der Waals surface area (Å²) in [4.78, 5) is 25.3. The molecule has 28 heavy (non-hydrogen) atoms. The second-order valence-electron chi connectivity index (χ2n) is 5.87. The Balaban J connectivity index is 2.12. The predicted octanol–water partition coefficient (Wildman–Crippen LogP) is 3.88. The Morgan fingerprint density at radius 1 is 1.04 bits per heavy atom. The van der Waals surface area contributed by atoms with Gasteiger partial charge in [0, 0.05) is 15.6 Å². The number of thiophene rings is 1. The van der Waals surface area contributed by atoms with E-state index in [0.29, 0.717) is 28.4 Å². The number of benzene rings is 2. The molecule has 144 valence electrons. The van der Waals surface area contributed by atoms with Crippen LogP contribution in [0, 0.1) is 0 Å². The molecule has 0 aliphatic carbocycles. The maximum Gasteiger partial charge on any atom is 0.345 e. The molecule has 0 fully saturated rings. The second-order valence-corrected chi connectivity index (χ2v) is 6.79. The van der Waals surface area contributed by atoms with Gasteiger partial charge in [-0.3, -0.25) is 0 Å². The molecular weight excluding hydrogens is 384 g/mol. The number of hydrogen-bond acceptors (Lipinski definition) is 8. The first-order valence-corrected chi connectivity index (χ1v) is 9.16. The lowest BCUT2D eigenvalue weighted by molar-refractivity contribution is 0.00495. The maximum atomic E-state index is 12.7. The summed E-state index contributed by atoms with van der Waals surface area (Å²) < 4.78 is 27.1. The van der Waals surface area contributed by atoms with E-state index in [0.717, 1.165) is 10.1 Å². The molecule has 7 nitrogen and oxygen atoms in total. The van der Waals surface area contributed by atoms with Crippen LogP contribution in [0.1, 0.15) is 20.7 Å². The third-order valence-corrected chi connectivity index (χ3v) is 5.46. The Morgan fingerprint density at radius 2 is 1.82 bits per heavy atom. The monoisotopic (exact) mass is 400 g/mol. The number of fused-ring (bicyclic) bond motifs is 3. The number of cyclic esters (lactones) is 1. The highest BCUT2D eigenvalue weighted by atomic mass is 32.1. The molecule has 1 aromatic heterocycles. The average Bonchev–Trinajstić information content (AvgIpc) is 3.21. The zero-order chi connectivity index (χ0) is 19.8. The van der Waals surface area contributed by atoms with Crippen molar-refractivity contribution in [3.63, 3.8) is 0 Å². The highest BCUT2D eigenvalue weighted by molar-refractivity contribution is 7.18. The molecule has 1 aliphatic heterocycles. The van der Waals surface area contributed by atoms with E-state index in [-0.39, 0.29) is 17.9 Å². The van der Waals surface area contributed by atoms with E-state index in [2.05, 4.69) is 0 Å². The molecular formula is C20H16O7S. The molecule has 4 rings (SSSR count). The fraction of sp³-hybridized carbons (Fsp3) is 0.200. The quantitative estimate of drug-likeness (QED) is 0.615. The number of hydrogen-bond donors (Lipinski definition) is 0. The van der Waals surface area contributed by atoms with E-state index in [1.54, 1.807) is 25.3 Å². The minimum absolute atomic E-state index is 0.0637. The van der Waals surface area contributed by atoms with Gasteiger partial charge in [0.2, 0.25) is 6.79 Å². The van der Waals surface area contributed by atoms with Gasteiger partial charge < -0.3 is 23.7 Å². The molecule has 1 aliphatic rings. The van der Waals surface area contributed by atoms with Gasteiger partial charge in [-0.25, -0.2) is 9.59 Å². The SMILES string of the molecule is COC(=O)c1c2c(c3ccsc3c1-c1ccc(OC)c(OC)c1)OCOC2=O. The van der Waals surface area contributed by atoms with Crippen molar-refractivity contribution < 1.29 is 33.3 Å². The lowest BCUT2D eigenvalue weighted by Gasteiger charge is -2.22. The van der Waals surface area contributed by atoms with Crippen molar-refractivity contribution in [2.45, 2.75) is 0 Å². The van der Waals surface area contributed by atoms with Crippen LogP contribution in [0.5, 0.6) is 17.2 Å². The van der Waals surface area contributed by atoms with Crippen molar-refractivity contribution in [1.82, 2.24) is 0 Å². The van der Waals surface area contributed by atoms with Crippen molar-refractivity contribution in [2.24, 2.45) is 0 Å². The molecule has 2 aromatic carbocycles. The third kappa shape index (κ3) is 2.65. The second kappa shape index (κ2) is 7.05. The van der Waals surface area contributed by atoms with Crippen LogP contribution in [0.2, 0.25) is 0 Å². The van der Waals surface area contributed by atoms with E-state index in [1.165, 1.54) is 25.6 Å². The number of esters is 2. The van der Waals surface area contributed by atoms with Gasteiger partial charge in [-0.05, 0) is 29.1 Å². The van der Waals surface area contributed by atoms with Crippen molar-refractivity contribution in [1.29, 1.82) is 0 Å². The van der Waals surface area contributed by atoms with Crippen LogP contribution in [0.4, 0.5) is 0 Å². The average molecular weight is 400 g/mol. The predicted molar refractivity (Wildman–Crippen MR) is 103 cm³/mol. The van der Waals surface area contributed by atoms with Gasteiger partial charge in [0.05, 0.1) is 26.9 Å². The van der Waals surface area contributed by atoms with E-state index >= 15 is 0 Å². The highest BCUT2D eigenvalue weighted by Gasteiger charge is 2.34. The summed E-state index contributed by atoms with van der Waals surface area (Å²) in [5.41, 5.74) is 1.39. The standard InChI is InChI=1S/C20H16O7S/c1-23-12-5-4-10(8-13(12)24-2)14-15(19(21)25-3)16-17(26-9-27-20(16)22)11-6-7-28-18(11)14/h4-8H,9H2,1-3H3. The Bertz CT molecular complexity index is 1100. The number of methoxy groups -OCH3 is 3. The number of ether oxygens (including phenoxy) is 5. The summed E-state index contributed by atoms with van der Waals surface area (Å²) in [5, 5.41) is 2.61. The summed E-state index contributed by atoms with van der Waals surface area (Å²) in [6.45, 7) is -0.201. The Hall–Kier alpha value is -3.26. The van der Waals surface area contributed by atoms with Gasteiger partial charge in [0.25, 0.3) is 0 Å². The van der Waals surface area contributed by atoms with Gasteiger partial charge >= 0.3 is 11.9 Å². The molecule has 0 bridgehead atoms. The topological polar surface area (TPSA) is 80.3 Å². The van der Waals surface area contributed by atoms with Crippen LogP contribution in [-0.4, -0.2) is 40.1 Å². The van der Waals surface area contributed by atoms with Crippen LogP contribution in [0.15, 0.2) is 29.6 Å². The van der Waals surface area contributed by atoms with Gasteiger partial charge in [0.15, 0.2) is 11.5 Å². The van der Waals surface area contributed by atoms with Crippen LogP contribution in [0.3, 0.4) is 0 Å². The zero-order valence-electron chi connectivity index (χ0n) is 15.4. The van der Waals surface area contributed by atoms with Gasteiger partial charge in [-0.15, -0.1) is 11.3 Å². The van der Waals surface area contributed by atoms with E-state index in [1.807, 2.05) is 11.4 Å². The molecule has 2 heterocycles. The van der Waals surface area contributed by atoms with Crippen LogP contribution < -0.4 is 14.2 Å². The van der Waals surface area contributed by atoms with Gasteiger partial charge in [0.1, 0.15) is 11.3 Å². The van der Waals surface area contributed by atoms with Crippen molar-refractivity contribution in [3.05, 3.63) is 40.8 Å². The van der Waals surface area contributed by atoms with Crippen LogP contribution in [-0.2, 0) is 9.47 Å². The van der Waals surface area contributed by atoms with Crippen molar-refractivity contribution >= 4 is 33.4 Å². The summed E-state index contributed by atoms with van der Waals surface area (Å²) in [7, 11) is 4.34. The number of carbonyl (C=O) groups excluding carboxylic acids is 2. The molecule has 3 aromatic rings. The summed E-state index contributed by atoms with van der Waals surface area (Å²) in [5.74, 6) is 0.0958. The summed E-state index contributed by atoms with van der Waals surface area (Å²) >= 11 is 1.44. The smallest absolute Gasteiger partial charge is 0.345 e. The molecule has 0 saturated heterocycles. The summed E-state index contributed by atoms with van der Waals surface area (Å²) in [6, 6.07) is 7.14.